The molecule has 0 bridgehead atoms. The number of amides is 1. The predicted octanol–water partition coefficient (Wildman–Crippen LogP) is 4.49. The van der Waals surface area contributed by atoms with Crippen molar-refractivity contribution >= 4 is 29.1 Å². The Morgan fingerprint density at radius 2 is 1.96 bits per heavy atom. The van der Waals surface area contributed by atoms with E-state index in [-0.39, 0.29) is 23.6 Å². The van der Waals surface area contributed by atoms with Gasteiger partial charge in [0.2, 0.25) is 11.8 Å². The Kier molecular flexibility index (Phi) is 5.54. The lowest BCUT2D eigenvalue weighted by Gasteiger charge is -2.25. The second-order valence-electron chi connectivity index (χ2n) is 5.87. The number of carbonyl (C=O) groups excluding carboxylic acids is 1. The molecule has 0 saturated carbocycles. The van der Waals surface area contributed by atoms with E-state index < -0.39 is 0 Å². The number of carbonyl (C=O) groups is 1. The summed E-state index contributed by atoms with van der Waals surface area (Å²) >= 11 is 12.0. The molecule has 0 N–H and O–H groups in total. The lowest BCUT2D eigenvalue weighted by molar-refractivity contribution is 0.0672. The van der Waals surface area contributed by atoms with Crippen LogP contribution in [0, 0.1) is 0 Å². The number of hydrogen-bond donors (Lipinski definition) is 0. The third kappa shape index (κ3) is 4.03. The summed E-state index contributed by atoms with van der Waals surface area (Å²) in [4.78, 5) is 18.3. The van der Waals surface area contributed by atoms with E-state index in [9.17, 15) is 4.79 Å². The van der Waals surface area contributed by atoms with Crippen molar-refractivity contribution in [2.45, 2.75) is 26.4 Å². The standard InChI is InChI=1S/C18H16Cl2N4O2/c1-11(2)24(18(25)12-7-8-21-15(20)9-12)10-16-22-23-17(26-16)13-5-3-4-6-14(13)19/h3-9,11H,10H2,1-2H3. The Bertz CT molecular complexity index is 927. The number of nitrogens with zero attached hydrogens (tertiary/aromatic N) is 4. The van der Waals surface area contributed by atoms with Crippen molar-refractivity contribution in [3.63, 3.8) is 0 Å². The quantitative estimate of drug-likeness (QED) is 0.600. The highest BCUT2D eigenvalue weighted by atomic mass is 35.5. The first-order chi connectivity index (χ1) is 12.5. The number of benzene rings is 1. The van der Waals surface area contributed by atoms with Crippen LogP contribution in [-0.2, 0) is 6.54 Å². The monoisotopic (exact) mass is 390 g/mol. The van der Waals surface area contributed by atoms with Crippen LogP contribution >= 0.6 is 23.2 Å². The van der Waals surface area contributed by atoms with E-state index in [1.54, 1.807) is 23.1 Å². The van der Waals surface area contributed by atoms with Crippen LogP contribution in [0.3, 0.4) is 0 Å². The highest BCUT2D eigenvalue weighted by Crippen LogP contribution is 2.26. The van der Waals surface area contributed by atoms with Crippen molar-refractivity contribution in [1.82, 2.24) is 20.1 Å². The maximum absolute atomic E-state index is 12.8. The summed E-state index contributed by atoms with van der Waals surface area (Å²) in [5, 5.41) is 8.86. The van der Waals surface area contributed by atoms with E-state index in [4.69, 9.17) is 27.6 Å². The molecular formula is C18H16Cl2N4O2. The first-order valence-corrected chi connectivity index (χ1v) is 8.71. The highest BCUT2D eigenvalue weighted by molar-refractivity contribution is 6.33. The number of rotatable bonds is 5. The number of pyridine rings is 1. The van der Waals surface area contributed by atoms with Gasteiger partial charge in [-0.3, -0.25) is 4.79 Å². The summed E-state index contributed by atoms with van der Waals surface area (Å²) in [7, 11) is 0. The Morgan fingerprint density at radius 3 is 2.65 bits per heavy atom. The van der Waals surface area contributed by atoms with E-state index in [1.165, 1.54) is 12.3 Å². The van der Waals surface area contributed by atoms with E-state index in [1.807, 2.05) is 26.0 Å². The topological polar surface area (TPSA) is 72.1 Å². The van der Waals surface area contributed by atoms with Crippen molar-refractivity contribution < 1.29 is 9.21 Å². The molecule has 2 heterocycles. The molecule has 6 nitrogen and oxygen atoms in total. The van der Waals surface area contributed by atoms with Crippen LogP contribution in [0.2, 0.25) is 10.2 Å². The predicted molar refractivity (Wildman–Crippen MR) is 99.0 cm³/mol. The van der Waals surface area contributed by atoms with Crippen molar-refractivity contribution in [2.75, 3.05) is 0 Å². The van der Waals surface area contributed by atoms with Gasteiger partial charge in [0.15, 0.2) is 0 Å². The van der Waals surface area contributed by atoms with Gasteiger partial charge in [0.25, 0.3) is 5.91 Å². The first kappa shape index (κ1) is 18.4. The van der Waals surface area contributed by atoms with Gasteiger partial charge in [0.1, 0.15) is 5.15 Å². The van der Waals surface area contributed by atoms with Gasteiger partial charge < -0.3 is 9.32 Å². The third-order valence-corrected chi connectivity index (χ3v) is 4.27. The normalized spacial score (nSPS) is 11.0. The molecule has 0 saturated heterocycles. The minimum Gasteiger partial charge on any atom is -0.419 e. The lowest BCUT2D eigenvalue weighted by atomic mass is 10.2. The molecule has 0 aliphatic heterocycles. The summed E-state index contributed by atoms with van der Waals surface area (Å²) in [5.74, 6) is 0.442. The zero-order valence-electron chi connectivity index (χ0n) is 14.2. The average molecular weight is 391 g/mol. The average Bonchev–Trinajstić information content (AvgIpc) is 3.07. The minimum atomic E-state index is -0.193. The molecule has 0 aliphatic carbocycles. The second-order valence-corrected chi connectivity index (χ2v) is 6.67. The Balaban J connectivity index is 1.83. The highest BCUT2D eigenvalue weighted by Gasteiger charge is 2.22. The Morgan fingerprint density at radius 1 is 1.19 bits per heavy atom. The molecule has 26 heavy (non-hydrogen) atoms. The van der Waals surface area contributed by atoms with Crippen LogP contribution < -0.4 is 0 Å². The zero-order chi connectivity index (χ0) is 18.7. The van der Waals surface area contributed by atoms with E-state index in [0.717, 1.165) is 0 Å². The molecule has 3 rings (SSSR count). The summed E-state index contributed by atoms with van der Waals surface area (Å²) in [5.41, 5.74) is 1.10. The number of halogens is 2. The summed E-state index contributed by atoms with van der Waals surface area (Å²) in [6, 6.07) is 10.3. The van der Waals surface area contributed by atoms with E-state index in [0.29, 0.717) is 27.9 Å². The van der Waals surface area contributed by atoms with E-state index >= 15 is 0 Å². The summed E-state index contributed by atoms with van der Waals surface area (Å²) in [6.45, 7) is 3.99. The molecule has 0 fully saturated rings. The first-order valence-electron chi connectivity index (χ1n) is 7.95. The Hall–Kier alpha value is -2.44. The largest absolute Gasteiger partial charge is 0.419 e. The van der Waals surface area contributed by atoms with Crippen LogP contribution in [0.1, 0.15) is 30.1 Å². The number of hydrogen-bond acceptors (Lipinski definition) is 5. The molecule has 2 aromatic heterocycles. The van der Waals surface area contributed by atoms with Crippen LogP contribution in [0.15, 0.2) is 47.0 Å². The van der Waals surface area contributed by atoms with Gasteiger partial charge in [0, 0.05) is 17.8 Å². The van der Waals surface area contributed by atoms with Gasteiger partial charge in [-0.2, -0.15) is 0 Å². The number of aromatic nitrogens is 3. The summed E-state index contributed by atoms with van der Waals surface area (Å²) < 4.78 is 5.70. The fraction of sp³-hybridized carbons (Fsp3) is 0.222. The molecule has 0 radical (unpaired) electrons. The van der Waals surface area contributed by atoms with Crippen LogP contribution in [0.4, 0.5) is 0 Å². The fourth-order valence-electron chi connectivity index (χ4n) is 2.40. The second kappa shape index (κ2) is 7.85. The van der Waals surface area contributed by atoms with Gasteiger partial charge in [-0.05, 0) is 38.1 Å². The van der Waals surface area contributed by atoms with Gasteiger partial charge in [-0.1, -0.05) is 35.3 Å². The van der Waals surface area contributed by atoms with Crippen molar-refractivity contribution in [3.8, 4) is 11.5 Å². The van der Waals surface area contributed by atoms with Gasteiger partial charge in [-0.25, -0.2) is 4.98 Å². The maximum atomic E-state index is 12.8. The van der Waals surface area contributed by atoms with Crippen LogP contribution in [0.5, 0.6) is 0 Å². The molecule has 8 heteroatoms. The smallest absolute Gasteiger partial charge is 0.254 e. The molecule has 3 aromatic rings. The van der Waals surface area contributed by atoms with E-state index in [2.05, 4.69) is 15.2 Å². The van der Waals surface area contributed by atoms with Crippen LogP contribution in [-0.4, -0.2) is 32.0 Å². The molecule has 0 spiro atoms. The van der Waals surface area contributed by atoms with Crippen LogP contribution in [0.25, 0.3) is 11.5 Å². The molecule has 0 aliphatic rings. The van der Waals surface area contributed by atoms with Gasteiger partial charge >= 0.3 is 0 Å². The van der Waals surface area contributed by atoms with Gasteiger partial charge in [0.05, 0.1) is 17.1 Å². The molecule has 0 unspecified atom stereocenters. The Labute approximate surface area is 160 Å². The SMILES string of the molecule is CC(C)N(Cc1nnc(-c2ccccc2Cl)o1)C(=O)c1ccnc(Cl)c1. The lowest BCUT2D eigenvalue weighted by Crippen LogP contribution is -2.36. The molecule has 0 atom stereocenters. The van der Waals surface area contributed by atoms with Crippen molar-refractivity contribution in [2.24, 2.45) is 0 Å². The molecule has 1 aromatic carbocycles. The molecule has 1 amide bonds. The summed E-state index contributed by atoms with van der Waals surface area (Å²) in [6.07, 6.45) is 1.50. The van der Waals surface area contributed by atoms with Crippen molar-refractivity contribution in [1.29, 1.82) is 0 Å². The fourth-order valence-corrected chi connectivity index (χ4v) is 2.79. The van der Waals surface area contributed by atoms with Gasteiger partial charge in [-0.15, -0.1) is 10.2 Å². The maximum Gasteiger partial charge on any atom is 0.254 e. The third-order valence-electron chi connectivity index (χ3n) is 3.73. The minimum absolute atomic E-state index is 0.0786. The zero-order valence-corrected chi connectivity index (χ0v) is 15.7. The molecule has 134 valence electrons. The van der Waals surface area contributed by atoms with Crippen molar-refractivity contribution in [3.05, 3.63) is 64.2 Å². The molecular weight excluding hydrogens is 375 g/mol.